The molecule has 2 aromatic rings. The summed E-state index contributed by atoms with van der Waals surface area (Å²) in [5.74, 6) is 0.324. The van der Waals surface area contributed by atoms with Gasteiger partial charge in [0.1, 0.15) is 23.7 Å². The summed E-state index contributed by atoms with van der Waals surface area (Å²) >= 11 is 0. The van der Waals surface area contributed by atoms with Gasteiger partial charge in [0, 0.05) is 0 Å². The van der Waals surface area contributed by atoms with E-state index in [1.807, 2.05) is 30.3 Å². The van der Waals surface area contributed by atoms with Gasteiger partial charge in [-0.25, -0.2) is 4.39 Å². The Bertz CT molecular complexity index is 583. The number of aliphatic hydroxyl groups excluding tert-OH is 1. The van der Waals surface area contributed by atoms with Crippen molar-refractivity contribution in [1.29, 1.82) is 0 Å². The highest BCUT2D eigenvalue weighted by Gasteiger charge is 2.30. The van der Waals surface area contributed by atoms with Crippen molar-refractivity contribution in [3.05, 3.63) is 65.5 Å². The van der Waals surface area contributed by atoms with Crippen LogP contribution >= 0.6 is 0 Å². The van der Waals surface area contributed by atoms with Crippen LogP contribution in [0, 0.1) is 12.7 Å². The van der Waals surface area contributed by atoms with Gasteiger partial charge in [-0.1, -0.05) is 30.3 Å². The van der Waals surface area contributed by atoms with E-state index in [4.69, 9.17) is 4.74 Å². The molecule has 1 atom stereocenters. The predicted molar refractivity (Wildman–Crippen MR) is 80.9 cm³/mol. The summed E-state index contributed by atoms with van der Waals surface area (Å²) in [5, 5.41) is 12.9. The maximum atomic E-state index is 13.3. The molecule has 0 amide bonds. The monoisotopic (exact) mass is 289 g/mol. The topological polar surface area (TPSA) is 41.5 Å². The van der Waals surface area contributed by atoms with Gasteiger partial charge in [-0.2, -0.15) is 0 Å². The lowest BCUT2D eigenvalue weighted by Crippen LogP contribution is -2.48. The summed E-state index contributed by atoms with van der Waals surface area (Å²) in [6.45, 7) is 1.83. The molecular weight excluding hydrogens is 269 g/mol. The second-order valence-corrected chi connectivity index (χ2v) is 5.06. The van der Waals surface area contributed by atoms with E-state index in [1.54, 1.807) is 26.1 Å². The van der Waals surface area contributed by atoms with Gasteiger partial charge in [0.15, 0.2) is 0 Å². The first-order valence-electron chi connectivity index (χ1n) is 6.85. The van der Waals surface area contributed by atoms with Crippen LogP contribution in [0.2, 0.25) is 0 Å². The minimum atomic E-state index is -0.691. The van der Waals surface area contributed by atoms with Crippen LogP contribution in [-0.2, 0) is 5.54 Å². The number of nitrogens with one attached hydrogen (secondary N) is 1. The Balaban J connectivity index is 2.19. The third kappa shape index (κ3) is 3.40. The summed E-state index contributed by atoms with van der Waals surface area (Å²) in [6, 6.07) is 14.2. The fourth-order valence-corrected chi connectivity index (χ4v) is 2.19. The van der Waals surface area contributed by atoms with E-state index >= 15 is 0 Å². The zero-order valence-electron chi connectivity index (χ0n) is 12.3. The molecule has 2 N–H and O–H groups in total. The number of aryl methyl sites for hydroxylation is 1. The van der Waals surface area contributed by atoms with Crippen LogP contribution in [0.25, 0.3) is 0 Å². The number of aliphatic hydroxyl groups is 1. The largest absolute Gasteiger partial charge is 0.491 e. The molecule has 0 spiro atoms. The van der Waals surface area contributed by atoms with Crippen LogP contribution in [0.15, 0.2) is 48.5 Å². The van der Waals surface area contributed by atoms with Gasteiger partial charge in [-0.15, -0.1) is 0 Å². The van der Waals surface area contributed by atoms with Gasteiger partial charge < -0.3 is 15.2 Å². The molecule has 0 saturated heterocycles. The van der Waals surface area contributed by atoms with Gasteiger partial charge in [0.05, 0.1) is 6.61 Å². The van der Waals surface area contributed by atoms with Crippen LogP contribution in [0.5, 0.6) is 5.75 Å². The maximum Gasteiger partial charge on any atom is 0.126 e. The summed E-state index contributed by atoms with van der Waals surface area (Å²) in [6.07, 6.45) is 0. The zero-order chi connectivity index (χ0) is 15.3. The second kappa shape index (κ2) is 6.70. The molecule has 0 radical (unpaired) electrons. The van der Waals surface area contributed by atoms with Crippen molar-refractivity contribution in [2.75, 3.05) is 20.3 Å². The van der Waals surface area contributed by atoms with Gasteiger partial charge in [-0.05, 0) is 43.3 Å². The smallest absolute Gasteiger partial charge is 0.126 e. The molecule has 21 heavy (non-hydrogen) atoms. The Morgan fingerprint density at radius 2 is 1.90 bits per heavy atom. The Labute approximate surface area is 124 Å². The molecule has 1 unspecified atom stereocenters. The summed E-state index contributed by atoms with van der Waals surface area (Å²) in [5.41, 5.74) is 0.781. The Hall–Kier alpha value is -1.91. The molecule has 112 valence electrons. The molecule has 0 aliphatic heterocycles. The minimum Gasteiger partial charge on any atom is -0.491 e. The highest BCUT2D eigenvalue weighted by Crippen LogP contribution is 2.23. The number of hydrogen-bond acceptors (Lipinski definition) is 3. The summed E-state index contributed by atoms with van der Waals surface area (Å²) in [4.78, 5) is 0. The molecule has 0 aliphatic carbocycles. The SMILES string of the molecule is CNC(CO)(COc1ccc(F)c(C)c1)c1ccccc1. The number of benzene rings is 2. The van der Waals surface area contributed by atoms with Crippen molar-refractivity contribution in [2.45, 2.75) is 12.5 Å². The van der Waals surface area contributed by atoms with E-state index in [-0.39, 0.29) is 19.0 Å². The van der Waals surface area contributed by atoms with Crippen LogP contribution in [0.1, 0.15) is 11.1 Å². The van der Waals surface area contributed by atoms with Crippen molar-refractivity contribution in [2.24, 2.45) is 0 Å². The van der Waals surface area contributed by atoms with Crippen LogP contribution < -0.4 is 10.1 Å². The number of ether oxygens (including phenoxy) is 1. The Kier molecular flexibility index (Phi) is 4.94. The number of likely N-dealkylation sites (N-methyl/N-ethyl adjacent to an activating group) is 1. The quantitative estimate of drug-likeness (QED) is 0.859. The fourth-order valence-electron chi connectivity index (χ4n) is 2.19. The Morgan fingerprint density at radius 3 is 2.48 bits per heavy atom. The van der Waals surface area contributed by atoms with Crippen LogP contribution in [0.4, 0.5) is 4.39 Å². The van der Waals surface area contributed by atoms with E-state index in [0.29, 0.717) is 11.3 Å². The van der Waals surface area contributed by atoms with Gasteiger partial charge in [0.2, 0.25) is 0 Å². The van der Waals surface area contributed by atoms with Crippen molar-refractivity contribution in [3.63, 3.8) is 0 Å². The highest BCUT2D eigenvalue weighted by atomic mass is 19.1. The molecule has 3 nitrogen and oxygen atoms in total. The predicted octanol–water partition coefficient (Wildman–Crippen LogP) is 2.62. The maximum absolute atomic E-state index is 13.3. The first-order chi connectivity index (χ1) is 10.1. The summed E-state index contributed by atoms with van der Waals surface area (Å²) in [7, 11) is 1.78. The van der Waals surface area contributed by atoms with E-state index in [1.165, 1.54) is 6.07 Å². The summed E-state index contributed by atoms with van der Waals surface area (Å²) < 4.78 is 19.0. The van der Waals surface area contributed by atoms with E-state index in [2.05, 4.69) is 5.32 Å². The number of halogens is 1. The van der Waals surface area contributed by atoms with Gasteiger partial charge in [-0.3, -0.25) is 0 Å². The molecule has 0 aliphatic rings. The second-order valence-electron chi connectivity index (χ2n) is 5.06. The normalized spacial score (nSPS) is 13.7. The van der Waals surface area contributed by atoms with E-state index < -0.39 is 5.54 Å². The van der Waals surface area contributed by atoms with Crippen LogP contribution in [-0.4, -0.2) is 25.4 Å². The lowest BCUT2D eigenvalue weighted by molar-refractivity contribution is 0.108. The lowest BCUT2D eigenvalue weighted by Gasteiger charge is -2.32. The van der Waals surface area contributed by atoms with Gasteiger partial charge >= 0.3 is 0 Å². The van der Waals surface area contributed by atoms with E-state index in [9.17, 15) is 9.50 Å². The third-order valence-corrected chi connectivity index (χ3v) is 3.69. The number of rotatable bonds is 6. The highest BCUT2D eigenvalue weighted by molar-refractivity contribution is 5.30. The Morgan fingerprint density at radius 1 is 1.19 bits per heavy atom. The first-order valence-corrected chi connectivity index (χ1v) is 6.85. The molecule has 0 bridgehead atoms. The van der Waals surface area contributed by atoms with Crippen molar-refractivity contribution in [1.82, 2.24) is 5.32 Å². The average Bonchev–Trinajstić information content (AvgIpc) is 2.53. The molecule has 0 aromatic heterocycles. The molecule has 2 rings (SSSR count). The number of hydrogen-bond donors (Lipinski definition) is 2. The van der Waals surface area contributed by atoms with E-state index in [0.717, 1.165) is 5.56 Å². The first kappa shape index (κ1) is 15.5. The molecule has 0 saturated carbocycles. The van der Waals surface area contributed by atoms with Crippen molar-refractivity contribution < 1.29 is 14.2 Å². The van der Waals surface area contributed by atoms with Gasteiger partial charge in [0.25, 0.3) is 0 Å². The molecule has 0 fully saturated rings. The van der Waals surface area contributed by atoms with Crippen LogP contribution in [0.3, 0.4) is 0 Å². The van der Waals surface area contributed by atoms with Crippen molar-refractivity contribution in [3.8, 4) is 5.75 Å². The average molecular weight is 289 g/mol. The van der Waals surface area contributed by atoms with Crippen molar-refractivity contribution >= 4 is 0 Å². The lowest BCUT2D eigenvalue weighted by atomic mass is 9.92. The molecule has 4 heteroatoms. The molecule has 2 aromatic carbocycles. The third-order valence-electron chi connectivity index (χ3n) is 3.69. The fraction of sp³-hybridized carbons (Fsp3) is 0.294. The standard InChI is InChI=1S/C17H20FNO2/c1-13-10-15(8-9-16(13)18)21-12-17(11-20,19-2)14-6-4-3-5-7-14/h3-10,19-20H,11-12H2,1-2H3. The molecule has 0 heterocycles. The molecular formula is C17H20FNO2. The zero-order valence-corrected chi connectivity index (χ0v) is 12.3. The minimum absolute atomic E-state index is 0.103.